The van der Waals surface area contributed by atoms with Crippen LogP contribution in [0.4, 0.5) is 0 Å². The number of aromatic hydroxyl groups is 3. The summed E-state index contributed by atoms with van der Waals surface area (Å²) in [5.74, 6) is -8.05. The molecule has 13 N–H and O–H groups in total. The number of hydrogen-bond donors (Lipinski definition) is 13. The highest BCUT2D eigenvalue weighted by Gasteiger charge is 2.64. The third-order valence-electron chi connectivity index (χ3n) is 14.7. The molecular weight excluding hydrogens is 1200 g/mol. The number of carbonyl (C=O) groups is 4. The minimum atomic E-state index is -2.93. The molecule has 0 unspecified atom stereocenters. The summed E-state index contributed by atoms with van der Waals surface area (Å²) in [7, 11) is 2.57. The van der Waals surface area contributed by atoms with Gasteiger partial charge >= 0.3 is 23.9 Å². The number of benzene rings is 4. The fourth-order valence-corrected chi connectivity index (χ4v) is 9.85. The summed E-state index contributed by atoms with van der Waals surface area (Å²) in [4.78, 5) is 54.9. The van der Waals surface area contributed by atoms with E-state index >= 15 is 0 Å². The highest BCUT2D eigenvalue weighted by atomic mass is 16.8. The van der Waals surface area contributed by atoms with E-state index in [0.717, 1.165) is 18.2 Å². The minimum Gasteiger partial charge on any atom is -0.508 e. The highest BCUT2D eigenvalue weighted by Crippen LogP contribution is 2.42. The summed E-state index contributed by atoms with van der Waals surface area (Å²) >= 11 is 0. The number of aliphatic hydroxyl groups excluding tert-OH is 10. The average molecular weight is 1270 g/mol. The number of ether oxygens (including phenoxy) is 13. The fraction of sp³-hybridized carbons (Fsp3) is 0.433. The topological polar surface area (TPSA) is 451 Å². The zero-order valence-corrected chi connectivity index (χ0v) is 47.8. The maximum Gasteiger partial charge on any atom is 0.338 e. The Hall–Kier alpha value is -7.70. The van der Waals surface area contributed by atoms with Crippen LogP contribution in [-0.2, 0) is 66.5 Å². The third-order valence-corrected chi connectivity index (χ3v) is 14.7. The second-order valence-corrected chi connectivity index (χ2v) is 20.7. The van der Waals surface area contributed by atoms with Crippen LogP contribution in [0, 0.1) is 0 Å². The molecule has 4 fully saturated rings. The zero-order valence-electron chi connectivity index (χ0n) is 47.8. The van der Waals surface area contributed by atoms with Crippen LogP contribution in [0.2, 0.25) is 0 Å². The summed E-state index contributed by atoms with van der Waals surface area (Å²) in [6.07, 6.45) is -32.0. The van der Waals surface area contributed by atoms with Crippen molar-refractivity contribution in [2.75, 3.05) is 47.3 Å². The molecule has 30 nitrogen and oxygen atoms in total. The van der Waals surface area contributed by atoms with Crippen LogP contribution in [0.1, 0.15) is 27.0 Å². The number of esters is 4. The van der Waals surface area contributed by atoms with Gasteiger partial charge in [-0.1, -0.05) is 42.5 Å². The first-order valence-electron chi connectivity index (χ1n) is 27.7. The van der Waals surface area contributed by atoms with Crippen LogP contribution in [0.3, 0.4) is 0 Å². The molecule has 19 atom stereocenters. The lowest BCUT2D eigenvalue weighted by Gasteiger charge is -2.50. The van der Waals surface area contributed by atoms with Gasteiger partial charge in [-0.15, -0.1) is 0 Å². The van der Waals surface area contributed by atoms with Gasteiger partial charge in [0.2, 0.25) is 5.79 Å². The lowest BCUT2D eigenvalue weighted by Crippen LogP contribution is -2.69. The Kier molecular flexibility index (Phi) is 23.4. The summed E-state index contributed by atoms with van der Waals surface area (Å²) in [6, 6.07) is 20.8. The van der Waals surface area contributed by atoms with E-state index in [9.17, 15) is 85.6 Å². The van der Waals surface area contributed by atoms with Crippen LogP contribution in [-0.4, -0.2) is 254 Å². The molecule has 30 heteroatoms. The minimum absolute atomic E-state index is 0.00327. The largest absolute Gasteiger partial charge is 0.508 e. The lowest BCUT2D eigenvalue weighted by molar-refractivity contribution is -0.421. The van der Waals surface area contributed by atoms with Crippen molar-refractivity contribution in [1.82, 2.24) is 0 Å². The second kappa shape index (κ2) is 30.9. The first-order valence-corrected chi connectivity index (χ1v) is 27.7. The van der Waals surface area contributed by atoms with Gasteiger partial charge in [-0.2, -0.15) is 0 Å². The average Bonchev–Trinajstić information content (AvgIpc) is 1.46. The summed E-state index contributed by atoms with van der Waals surface area (Å²) in [5.41, 5.74) is 0.890. The molecular formula is C60H68O30. The smallest absolute Gasteiger partial charge is 0.338 e. The molecule has 0 saturated carbocycles. The first kappa shape index (κ1) is 68.2. The SMILES string of the molecule is COc1cc(/C=C/C(=O)OC[C@H]2O[C@@H](O[C@@H]3[C@@H](O[C@H]4O[C@H](CO)[C@@H](O)[C@H](O)[C@H]4O)[C@@H](O[C@]4(COC(=O)/C=C/c5ccc(O)cc5)O[C@H](CO)[C@@H](O)[C@@H]4OC(=O)c4ccccc4)O[C@H](CO)[C@H]3OC(=O)/C=C/c3ccc(O)c(OC)c3)[C@H](O)[C@@H](O)[C@@H]2O)ccc1O. The van der Waals surface area contributed by atoms with Gasteiger partial charge in [-0.05, 0) is 83.4 Å². The number of phenolic OH excluding ortho intramolecular Hbond substituents is 3. The molecule has 4 heterocycles. The quantitative estimate of drug-likeness (QED) is 0.0206. The molecule has 4 aliphatic heterocycles. The zero-order chi connectivity index (χ0) is 65.0. The predicted molar refractivity (Wildman–Crippen MR) is 300 cm³/mol. The Bertz CT molecular complexity index is 3140. The standard InChI is InChI=1S/C60H68O30/c1-78-36-22-30(10-17-34(36)65)13-20-42(67)80-27-41-46(71)49(74)51(76)58(84-41)86-53-52(85-44(69)21-14-31-11-18-35(66)37(23-31)79-2)40(26-63)83-59(54(53)87-57-50(75)48(73)45(70)38(24-61)82-57)90-60(28-81-43(68)19-12-29-8-15-33(64)16-9-29)55(47(72)39(25-62)89-60)88-56(77)32-6-4-3-5-7-32/h3-23,38-41,45-55,57-59,61-66,70-76H,24-28H2,1-2H3/b19-12+,20-13+,21-14+/t38-,39-,40-,41-,45-,46-,47-,48+,49+,50-,51-,52-,53+,54-,55+,57-,58+,59-,60+/m1/s1. The molecule has 4 aromatic rings. The van der Waals surface area contributed by atoms with Crippen molar-refractivity contribution >= 4 is 42.1 Å². The Morgan fingerprint density at radius 3 is 1.57 bits per heavy atom. The molecule has 0 aromatic heterocycles. The summed E-state index contributed by atoms with van der Waals surface area (Å²) < 4.78 is 76.5. The maximum atomic E-state index is 14.1. The number of hydrogen-bond acceptors (Lipinski definition) is 30. The molecule has 8 rings (SSSR count). The number of carbonyl (C=O) groups excluding carboxylic acids is 4. The van der Waals surface area contributed by atoms with Gasteiger partial charge in [0.15, 0.2) is 54.1 Å². The van der Waals surface area contributed by atoms with Gasteiger partial charge in [0.1, 0.15) is 98.3 Å². The van der Waals surface area contributed by atoms with Crippen molar-refractivity contribution < 1.29 is 147 Å². The van der Waals surface area contributed by atoms with Crippen molar-refractivity contribution in [3.8, 4) is 28.7 Å². The van der Waals surface area contributed by atoms with E-state index in [1.54, 1.807) is 6.07 Å². The second-order valence-electron chi connectivity index (χ2n) is 20.7. The van der Waals surface area contributed by atoms with Crippen LogP contribution in [0.15, 0.2) is 109 Å². The van der Waals surface area contributed by atoms with Gasteiger partial charge in [-0.3, -0.25) is 0 Å². The molecule has 0 amide bonds. The van der Waals surface area contributed by atoms with Crippen molar-refractivity contribution in [2.45, 2.75) is 116 Å². The Morgan fingerprint density at radius 1 is 0.500 bits per heavy atom. The van der Waals surface area contributed by atoms with Crippen LogP contribution < -0.4 is 9.47 Å². The fourth-order valence-electron chi connectivity index (χ4n) is 9.85. The van der Waals surface area contributed by atoms with Gasteiger partial charge in [0.05, 0.1) is 39.6 Å². The summed E-state index contributed by atoms with van der Waals surface area (Å²) in [5, 5.41) is 142. The van der Waals surface area contributed by atoms with Gasteiger partial charge in [0, 0.05) is 18.2 Å². The molecule has 0 spiro atoms. The number of methoxy groups -OCH3 is 2. The van der Waals surface area contributed by atoms with Crippen LogP contribution in [0.5, 0.6) is 28.7 Å². The summed E-state index contributed by atoms with van der Waals surface area (Å²) in [6.45, 7) is -5.42. The van der Waals surface area contributed by atoms with Crippen molar-refractivity contribution in [3.05, 3.63) is 131 Å². The molecule has 488 valence electrons. The van der Waals surface area contributed by atoms with E-state index in [1.807, 2.05) is 0 Å². The Balaban J connectivity index is 1.22. The first-order chi connectivity index (χ1) is 43.1. The van der Waals surface area contributed by atoms with E-state index in [4.69, 9.17) is 61.6 Å². The predicted octanol–water partition coefficient (Wildman–Crippen LogP) is -1.96. The molecule has 0 radical (unpaired) electrons. The van der Waals surface area contributed by atoms with E-state index in [-0.39, 0.29) is 39.9 Å². The highest BCUT2D eigenvalue weighted by molar-refractivity contribution is 5.90. The maximum absolute atomic E-state index is 14.1. The Morgan fingerprint density at radius 2 is 1.00 bits per heavy atom. The van der Waals surface area contributed by atoms with E-state index in [0.29, 0.717) is 11.1 Å². The molecule has 0 bridgehead atoms. The molecule has 4 saturated heterocycles. The molecule has 4 aliphatic rings. The van der Waals surface area contributed by atoms with Gasteiger partial charge in [0.25, 0.3) is 0 Å². The monoisotopic (exact) mass is 1270 g/mol. The van der Waals surface area contributed by atoms with Crippen molar-refractivity contribution in [2.24, 2.45) is 0 Å². The van der Waals surface area contributed by atoms with Crippen LogP contribution in [0.25, 0.3) is 18.2 Å². The number of rotatable bonds is 24. The Labute approximate surface area is 511 Å². The van der Waals surface area contributed by atoms with Crippen molar-refractivity contribution in [1.29, 1.82) is 0 Å². The normalized spacial score (nSPS) is 32.0. The molecule has 90 heavy (non-hydrogen) atoms. The number of phenols is 3. The molecule has 0 aliphatic carbocycles. The number of aliphatic hydroxyl groups is 10. The van der Waals surface area contributed by atoms with E-state index < -0.39 is 173 Å². The van der Waals surface area contributed by atoms with Crippen molar-refractivity contribution in [3.63, 3.8) is 0 Å². The van der Waals surface area contributed by atoms with E-state index in [1.165, 1.54) is 117 Å². The van der Waals surface area contributed by atoms with E-state index in [2.05, 4.69) is 0 Å². The third kappa shape index (κ3) is 16.2. The van der Waals surface area contributed by atoms with Gasteiger partial charge < -0.3 is 128 Å². The van der Waals surface area contributed by atoms with Gasteiger partial charge in [-0.25, -0.2) is 19.2 Å². The van der Waals surface area contributed by atoms with Crippen LogP contribution >= 0.6 is 0 Å². The molecule has 4 aromatic carbocycles. The lowest BCUT2D eigenvalue weighted by atomic mass is 9.95.